The van der Waals surface area contributed by atoms with Gasteiger partial charge in [-0.3, -0.25) is 4.79 Å². The summed E-state index contributed by atoms with van der Waals surface area (Å²) in [5.74, 6) is 0.115. The third-order valence-corrected chi connectivity index (χ3v) is 5.52. The Kier molecular flexibility index (Phi) is 6.11. The molecular weight excluding hydrogens is 364 g/mol. The van der Waals surface area contributed by atoms with Crippen molar-refractivity contribution in [3.8, 4) is 16.3 Å². The first-order valence-electron chi connectivity index (χ1n) is 9.26. The van der Waals surface area contributed by atoms with Crippen molar-refractivity contribution in [1.29, 1.82) is 0 Å². The van der Waals surface area contributed by atoms with E-state index in [2.05, 4.69) is 10.3 Å². The highest BCUT2D eigenvalue weighted by Crippen LogP contribution is 2.32. The first kappa shape index (κ1) is 19.4. The number of rotatable bonds is 7. The van der Waals surface area contributed by atoms with Crippen LogP contribution in [0.3, 0.4) is 0 Å². The molecule has 1 fully saturated rings. The minimum atomic E-state index is -0.921. The number of amides is 1. The molecule has 144 valence electrons. The number of thiazole rings is 1. The van der Waals surface area contributed by atoms with Crippen molar-refractivity contribution < 1.29 is 19.1 Å². The van der Waals surface area contributed by atoms with Gasteiger partial charge in [-0.15, -0.1) is 11.3 Å². The third-order valence-electron chi connectivity index (χ3n) is 4.63. The summed E-state index contributed by atoms with van der Waals surface area (Å²) in [6.45, 7) is 4.62. The largest absolute Gasteiger partial charge is 0.494 e. The first-order chi connectivity index (χ1) is 13.1. The number of nitrogens with zero attached hydrogens (tertiary/aromatic N) is 1. The summed E-state index contributed by atoms with van der Waals surface area (Å²) in [5.41, 5.74) is 0.318. The van der Waals surface area contributed by atoms with E-state index in [-0.39, 0.29) is 11.9 Å². The van der Waals surface area contributed by atoms with Crippen molar-refractivity contribution in [2.75, 3.05) is 13.2 Å². The maximum absolute atomic E-state index is 12.7. The first-order valence-corrected chi connectivity index (χ1v) is 10.1. The van der Waals surface area contributed by atoms with E-state index in [9.17, 15) is 9.59 Å². The smallest absolute Gasteiger partial charge is 0.331 e. The van der Waals surface area contributed by atoms with Gasteiger partial charge in [-0.2, -0.15) is 0 Å². The fourth-order valence-corrected chi connectivity index (χ4v) is 4.09. The quantitative estimate of drug-likeness (QED) is 0.730. The number of hydrogen-bond donors (Lipinski definition) is 1. The monoisotopic (exact) mass is 388 g/mol. The summed E-state index contributed by atoms with van der Waals surface area (Å²) in [6, 6.07) is 7.60. The second-order valence-corrected chi connectivity index (χ2v) is 7.32. The summed E-state index contributed by atoms with van der Waals surface area (Å²) in [6.07, 6.45) is 3.00. The lowest BCUT2D eigenvalue weighted by Gasteiger charge is -2.27. The molecule has 1 aromatic carbocycles. The molecule has 1 aliphatic carbocycles. The Morgan fingerprint density at radius 3 is 2.48 bits per heavy atom. The third kappa shape index (κ3) is 4.30. The van der Waals surface area contributed by atoms with Crippen molar-refractivity contribution in [3.05, 3.63) is 35.3 Å². The highest BCUT2D eigenvalue weighted by Gasteiger charge is 2.44. The molecule has 0 radical (unpaired) electrons. The number of nitrogens with one attached hydrogen (secondary N) is 1. The number of aromatic nitrogens is 1. The summed E-state index contributed by atoms with van der Waals surface area (Å²) in [5, 5.41) is 5.36. The van der Waals surface area contributed by atoms with Gasteiger partial charge in [0.2, 0.25) is 0 Å². The van der Waals surface area contributed by atoms with E-state index < -0.39 is 5.54 Å². The number of hydrogen-bond acceptors (Lipinski definition) is 6. The van der Waals surface area contributed by atoms with Gasteiger partial charge in [0.25, 0.3) is 5.91 Å². The number of esters is 1. The van der Waals surface area contributed by atoms with Crippen LogP contribution in [0.25, 0.3) is 10.6 Å². The molecule has 0 spiro atoms. The van der Waals surface area contributed by atoms with E-state index in [0.717, 1.165) is 29.2 Å². The molecule has 0 atom stereocenters. The molecule has 27 heavy (non-hydrogen) atoms. The van der Waals surface area contributed by atoms with E-state index in [1.54, 1.807) is 12.3 Å². The predicted molar refractivity (Wildman–Crippen MR) is 104 cm³/mol. The zero-order chi connectivity index (χ0) is 19.3. The minimum absolute atomic E-state index is 0.301. The minimum Gasteiger partial charge on any atom is -0.494 e. The lowest BCUT2D eigenvalue weighted by Crippen LogP contribution is -2.53. The average Bonchev–Trinajstić information content (AvgIpc) is 3.33. The normalized spacial score (nSPS) is 15.3. The van der Waals surface area contributed by atoms with Crippen LogP contribution in [0.1, 0.15) is 50.0 Å². The maximum atomic E-state index is 12.7. The Hall–Kier alpha value is -2.41. The molecule has 0 aliphatic heterocycles. The molecule has 7 heteroatoms. The molecule has 0 bridgehead atoms. The van der Waals surface area contributed by atoms with Crippen molar-refractivity contribution in [1.82, 2.24) is 10.3 Å². The number of carbonyl (C=O) groups excluding carboxylic acids is 2. The zero-order valence-electron chi connectivity index (χ0n) is 15.6. The molecule has 3 rings (SSSR count). The van der Waals surface area contributed by atoms with Crippen molar-refractivity contribution in [2.45, 2.75) is 45.1 Å². The van der Waals surface area contributed by atoms with E-state index in [0.29, 0.717) is 31.7 Å². The van der Waals surface area contributed by atoms with Crippen LogP contribution >= 0.6 is 11.3 Å². The molecular formula is C20H24N2O4S. The second kappa shape index (κ2) is 8.52. The van der Waals surface area contributed by atoms with Gasteiger partial charge in [-0.1, -0.05) is 12.8 Å². The van der Waals surface area contributed by atoms with E-state index in [1.807, 2.05) is 31.2 Å². The Bertz CT molecular complexity index is 795. The zero-order valence-corrected chi connectivity index (χ0v) is 16.4. The molecule has 6 nitrogen and oxygen atoms in total. The predicted octanol–water partition coefficient (Wildman–Crippen LogP) is 3.81. The molecule has 1 heterocycles. The van der Waals surface area contributed by atoms with Crippen LogP contribution in [0, 0.1) is 0 Å². The van der Waals surface area contributed by atoms with Crippen molar-refractivity contribution in [2.24, 2.45) is 0 Å². The summed E-state index contributed by atoms with van der Waals surface area (Å²) >= 11 is 1.40. The average molecular weight is 388 g/mol. The molecule has 1 saturated carbocycles. The maximum Gasteiger partial charge on any atom is 0.331 e. The Morgan fingerprint density at radius 1 is 1.15 bits per heavy atom. The van der Waals surface area contributed by atoms with Gasteiger partial charge >= 0.3 is 5.97 Å². The van der Waals surface area contributed by atoms with E-state index in [1.165, 1.54) is 11.3 Å². The molecule has 1 aliphatic rings. The van der Waals surface area contributed by atoms with Crippen LogP contribution in [-0.4, -0.2) is 35.6 Å². The topological polar surface area (TPSA) is 77.5 Å². The molecule has 1 amide bonds. The van der Waals surface area contributed by atoms with Crippen molar-refractivity contribution in [3.63, 3.8) is 0 Å². The molecule has 0 unspecified atom stereocenters. The number of benzene rings is 1. The van der Waals surface area contributed by atoms with Crippen LogP contribution in [0.4, 0.5) is 0 Å². The molecule has 1 aromatic heterocycles. The van der Waals surface area contributed by atoms with Crippen LogP contribution < -0.4 is 10.1 Å². The highest BCUT2D eigenvalue weighted by molar-refractivity contribution is 7.13. The Morgan fingerprint density at radius 2 is 1.85 bits per heavy atom. The molecule has 2 aromatic rings. The van der Waals surface area contributed by atoms with Gasteiger partial charge < -0.3 is 14.8 Å². The van der Waals surface area contributed by atoms with Crippen LogP contribution in [0.2, 0.25) is 0 Å². The van der Waals surface area contributed by atoms with Gasteiger partial charge in [0, 0.05) is 10.9 Å². The Labute approximate surface area is 162 Å². The van der Waals surface area contributed by atoms with Gasteiger partial charge in [-0.05, 0) is 51.0 Å². The van der Waals surface area contributed by atoms with Gasteiger partial charge in [0.1, 0.15) is 22.0 Å². The highest BCUT2D eigenvalue weighted by atomic mass is 32.1. The van der Waals surface area contributed by atoms with Crippen LogP contribution in [-0.2, 0) is 9.53 Å². The van der Waals surface area contributed by atoms with Crippen LogP contribution in [0.5, 0.6) is 5.75 Å². The van der Waals surface area contributed by atoms with Crippen molar-refractivity contribution >= 4 is 23.2 Å². The fourth-order valence-electron chi connectivity index (χ4n) is 3.28. The summed E-state index contributed by atoms with van der Waals surface area (Å²) in [7, 11) is 0. The lowest BCUT2D eigenvalue weighted by atomic mass is 9.97. The fraction of sp³-hybridized carbons (Fsp3) is 0.450. The van der Waals surface area contributed by atoms with E-state index >= 15 is 0 Å². The summed E-state index contributed by atoms with van der Waals surface area (Å²) < 4.78 is 10.6. The SMILES string of the molecule is CCOC(=O)C1(NC(=O)c2csc(-c3ccc(OCC)cc3)n2)CCCC1. The van der Waals surface area contributed by atoms with E-state index in [4.69, 9.17) is 9.47 Å². The van der Waals surface area contributed by atoms with Gasteiger partial charge in [-0.25, -0.2) is 9.78 Å². The standard InChI is InChI=1S/C20H24N2O4S/c1-3-25-15-9-7-14(8-10-15)18-21-16(13-27-18)17(23)22-20(11-5-6-12-20)19(24)26-4-2/h7-10,13H,3-6,11-12H2,1-2H3,(H,22,23). The van der Waals surface area contributed by atoms with Gasteiger partial charge in [0.15, 0.2) is 0 Å². The number of carbonyl (C=O) groups is 2. The number of ether oxygens (including phenoxy) is 2. The second-order valence-electron chi connectivity index (χ2n) is 6.46. The van der Waals surface area contributed by atoms with Crippen LogP contribution in [0.15, 0.2) is 29.6 Å². The summed E-state index contributed by atoms with van der Waals surface area (Å²) in [4.78, 5) is 29.5. The Balaban J connectivity index is 1.73. The molecule has 1 N–H and O–H groups in total. The van der Waals surface area contributed by atoms with Gasteiger partial charge in [0.05, 0.1) is 13.2 Å². The molecule has 0 saturated heterocycles. The lowest BCUT2D eigenvalue weighted by molar-refractivity contribution is -0.150.